The molecule has 1 aromatic heterocycles. The first-order valence-electron chi connectivity index (χ1n) is 8.33. The van der Waals surface area contributed by atoms with Crippen molar-refractivity contribution in [3.05, 3.63) is 33.9 Å². The molecule has 5 nitrogen and oxygen atoms in total. The third-order valence-corrected chi connectivity index (χ3v) is 5.00. The van der Waals surface area contributed by atoms with Gasteiger partial charge in [0.15, 0.2) is 0 Å². The fourth-order valence-electron chi connectivity index (χ4n) is 3.27. The third-order valence-electron chi connectivity index (χ3n) is 5.00. The van der Waals surface area contributed by atoms with E-state index < -0.39 is 11.9 Å². The van der Waals surface area contributed by atoms with Gasteiger partial charge in [-0.3, -0.25) is 9.36 Å². The first kappa shape index (κ1) is 16.9. The summed E-state index contributed by atoms with van der Waals surface area (Å²) in [5.74, 6) is 0.0429. The predicted octanol–water partition coefficient (Wildman–Crippen LogP) is 2.75. The van der Waals surface area contributed by atoms with Gasteiger partial charge in [0, 0.05) is 25.7 Å². The van der Waals surface area contributed by atoms with Crippen molar-refractivity contribution in [1.29, 1.82) is 0 Å². The van der Waals surface area contributed by atoms with Gasteiger partial charge in [-0.25, -0.2) is 9.37 Å². The number of aliphatic hydroxyl groups is 1. The molecule has 130 valence electrons. The molecule has 1 N–H and O–H groups in total. The van der Waals surface area contributed by atoms with Crippen LogP contribution in [-0.2, 0) is 7.05 Å². The molecule has 1 unspecified atom stereocenters. The summed E-state index contributed by atoms with van der Waals surface area (Å²) in [6.07, 6.45) is 1.15. The molecule has 3 rings (SSSR count). The molecular formula is C18H24FN3O2. The molecule has 1 fully saturated rings. The lowest BCUT2D eigenvalue weighted by Gasteiger charge is -2.38. The van der Waals surface area contributed by atoms with Gasteiger partial charge in [0.2, 0.25) is 5.95 Å². The second-order valence-electron chi connectivity index (χ2n) is 7.49. The summed E-state index contributed by atoms with van der Waals surface area (Å²) in [5, 5.41) is 10.2. The van der Waals surface area contributed by atoms with Gasteiger partial charge in [-0.1, -0.05) is 13.8 Å². The average molecular weight is 333 g/mol. The van der Waals surface area contributed by atoms with Crippen molar-refractivity contribution in [3.63, 3.8) is 0 Å². The molecule has 1 aliphatic heterocycles. The minimum Gasteiger partial charge on any atom is -0.389 e. The second kappa shape index (κ2) is 5.84. The van der Waals surface area contributed by atoms with Crippen LogP contribution in [0.5, 0.6) is 0 Å². The number of piperidine rings is 1. The lowest BCUT2D eigenvalue weighted by Crippen LogP contribution is -2.40. The van der Waals surface area contributed by atoms with Crippen LogP contribution in [0, 0.1) is 11.2 Å². The zero-order valence-corrected chi connectivity index (χ0v) is 14.6. The molecule has 0 bridgehead atoms. The lowest BCUT2D eigenvalue weighted by atomic mass is 9.83. The molecule has 24 heavy (non-hydrogen) atoms. The number of nitrogens with zero attached hydrogens (tertiary/aromatic N) is 3. The normalized spacial score (nSPS) is 18.8. The number of rotatable bonds is 2. The zero-order valence-electron chi connectivity index (χ0n) is 14.6. The van der Waals surface area contributed by atoms with Gasteiger partial charge in [-0.2, -0.15) is 0 Å². The monoisotopic (exact) mass is 333 g/mol. The quantitative estimate of drug-likeness (QED) is 0.918. The van der Waals surface area contributed by atoms with E-state index in [0.29, 0.717) is 22.4 Å². The highest BCUT2D eigenvalue weighted by Gasteiger charge is 2.28. The molecule has 0 spiro atoms. The molecule has 1 aliphatic rings. The first-order valence-corrected chi connectivity index (χ1v) is 8.33. The number of aromatic nitrogens is 2. The highest BCUT2D eigenvalue weighted by molar-refractivity contribution is 5.82. The standard InChI is InChI=1S/C18H24FN3O2/c1-11(23)13-9-12(19)10-14-15(13)20-17(21(4)16(14)24)22-7-5-18(2,3)6-8-22/h9-11,23H,5-8H2,1-4H3. The van der Waals surface area contributed by atoms with Crippen molar-refractivity contribution in [1.82, 2.24) is 9.55 Å². The highest BCUT2D eigenvalue weighted by atomic mass is 19.1. The Bertz CT molecular complexity index is 832. The van der Waals surface area contributed by atoms with E-state index in [1.165, 1.54) is 16.7 Å². The Morgan fingerprint density at radius 2 is 1.92 bits per heavy atom. The molecule has 0 radical (unpaired) electrons. The fraction of sp³-hybridized carbons (Fsp3) is 0.556. The van der Waals surface area contributed by atoms with E-state index in [1.807, 2.05) is 0 Å². The summed E-state index contributed by atoms with van der Waals surface area (Å²) in [7, 11) is 1.66. The Morgan fingerprint density at radius 1 is 1.29 bits per heavy atom. The van der Waals surface area contributed by atoms with E-state index in [4.69, 9.17) is 0 Å². The van der Waals surface area contributed by atoms with Crippen molar-refractivity contribution in [3.8, 4) is 0 Å². The smallest absolute Gasteiger partial charge is 0.262 e. The van der Waals surface area contributed by atoms with Gasteiger partial charge in [-0.15, -0.1) is 0 Å². The van der Waals surface area contributed by atoms with Gasteiger partial charge >= 0.3 is 0 Å². The van der Waals surface area contributed by atoms with Crippen LogP contribution in [-0.4, -0.2) is 27.7 Å². The summed E-state index contributed by atoms with van der Waals surface area (Å²) in [6.45, 7) is 7.68. The molecule has 6 heteroatoms. The van der Waals surface area contributed by atoms with Crippen LogP contribution < -0.4 is 10.5 Å². The Labute approximate surface area is 140 Å². The number of hydrogen-bond acceptors (Lipinski definition) is 4. The SMILES string of the molecule is CC(O)c1cc(F)cc2c(=O)n(C)c(N3CCC(C)(C)CC3)nc12. The largest absolute Gasteiger partial charge is 0.389 e. The number of hydrogen-bond donors (Lipinski definition) is 1. The maximum absolute atomic E-state index is 13.8. The molecule has 0 amide bonds. The van der Waals surface area contributed by atoms with Gasteiger partial charge in [-0.05, 0) is 37.3 Å². The van der Waals surface area contributed by atoms with E-state index in [-0.39, 0.29) is 10.9 Å². The molecule has 1 atom stereocenters. The van der Waals surface area contributed by atoms with Crippen LogP contribution in [0.25, 0.3) is 10.9 Å². The van der Waals surface area contributed by atoms with E-state index >= 15 is 0 Å². The van der Waals surface area contributed by atoms with Crippen molar-refractivity contribution >= 4 is 16.9 Å². The van der Waals surface area contributed by atoms with Crippen LogP contribution in [0.3, 0.4) is 0 Å². The maximum atomic E-state index is 13.8. The van der Waals surface area contributed by atoms with Gasteiger partial charge in [0.25, 0.3) is 5.56 Å². The lowest BCUT2D eigenvalue weighted by molar-refractivity contribution is 0.200. The number of halogens is 1. The third kappa shape index (κ3) is 2.90. The highest BCUT2D eigenvalue weighted by Crippen LogP contribution is 2.32. The maximum Gasteiger partial charge on any atom is 0.262 e. The first-order chi connectivity index (χ1) is 11.2. The Balaban J connectivity index is 2.17. The summed E-state index contributed by atoms with van der Waals surface area (Å²) < 4.78 is 15.3. The Kier molecular flexibility index (Phi) is 4.11. The number of aliphatic hydroxyl groups excluding tert-OH is 1. The van der Waals surface area contributed by atoms with Gasteiger partial charge in [0.05, 0.1) is 17.0 Å². The van der Waals surface area contributed by atoms with Crippen LogP contribution in [0.15, 0.2) is 16.9 Å². The molecule has 2 heterocycles. The van der Waals surface area contributed by atoms with E-state index in [1.54, 1.807) is 14.0 Å². The topological polar surface area (TPSA) is 58.4 Å². The van der Waals surface area contributed by atoms with E-state index in [9.17, 15) is 14.3 Å². The number of fused-ring (bicyclic) bond motifs is 1. The number of benzene rings is 1. The summed E-state index contributed by atoms with van der Waals surface area (Å²) in [6, 6.07) is 2.45. The van der Waals surface area contributed by atoms with Crippen molar-refractivity contribution in [2.75, 3.05) is 18.0 Å². The van der Waals surface area contributed by atoms with E-state index in [2.05, 4.69) is 23.7 Å². The molecule has 2 aromatic rings. The van der Waals surface area contributed by atoms with Crippen molar-refractivity contribution in [2.45, 2.75) is 39.7 Å². The Hall–Kier alpha value is -1.95. The van der Waals surface area contributed by atoms with Gasteiger partial charge < -0.3 is 10.0 Å². The van der Waals surface area contributed by atoms with Crippen LogP contribution >= 0.6 is 0 Å². The van der Waals surface area contributed by atoms with Crippen molar-refractivity contribution in [2.24, 2.45) is 12.5 Å². The summed E-state index contributed by atoms with van der Waals surface area (Å²) in [4.78, 5) is 19.4. The Morgan fingerprint density at radius 3 is 2.50 bits per heavy atom. The van der Waals surface area contributed by atoms with Crippen LogP contribution in [0.2, 0.25) is 0 Å². The van der Waals surface area contributed by atoms with Crippen LogP contribution in [0.1, 0.15) is 45.3 Å². The average Bonchev–Trinajstić information content (AvgIpc) is 2.51. The fourth-order valence-corrected chi connectivity index (χ4v) is 3.27. The van der Waals surface area contributed by atoms with Gasteiger partial charge in [0.1, 0.15) is 5.82 Å². The minimum atomic E-state index is -0.893. The molecule has 1 saturated heterocycles. The predicted molar refractivity (Wildman–Crippen MR) is 92.8 cm³/mol. The van der Waals surface area contributed by atoms with Crippen LogP contribution in [0.4, 0.5) is 10.3 Å². The summed E-state index contributed by atoms with van der Waals surface area (Å²) in [5.41, 5.74) is 0.733. The second-order valence-corrected chi connectivity index (χ2v) is 7.49. The number of anilines is 1. The summed E-state index contributed by atoms with van der Waals surface area (Å²) >= 11 is 0. The molecule has 0 saturated carbocycles. The van der Waals surface area contributed by atoms with Crippen molar-refractivity contribution < 1.29 is 9.50 Å². The van der Waals surface area contributed by atoms with E-state index in [0.717, 1.165) is 25.9 Å². The molecular weight excluding hydrogens is 309 g/mol. The zero-order chi connectivity index (χ0) is 17.6. The molecule has 1 aromatic carbocycles. The minimum absolute atomic E-state index is 0.203. The molecule has 0 aliphatic carbocycles.